The number of nitrogens with zero attached hydrogens (tertiary/aromatic N) is 1. The van der Waals surface area contributed by atoms with Crippen molar-refractivity contribution in [2.24, 2.45) is 0 Å². The molecule has 1 fully saturated rings. The molecule has 3 rings (SSSR count). The van der Waals surface area contributed by atoms with Crippen LogP contribution < -0.4 is 9.47 Å². The molecule has 0 aromatic heterocycles. The first-order valence-corrected chi connectivity index (χ1v) is 14.0. The van der Waals surface area contributed by atoms with Gasteiger partial charge in [0.1, 0.15) is 31.2 Å². The summed E-state index contributed by atoms with van der Waals surface area (Å²) in [5, 5.41) is 10.4. The van der Waals surface area contributed by atoms with E-state index in [4.69, 9.17) is 53.8 Å². The number of esters is 1. The van der Waals surface area contributed by atoms with E-state index in [2.05, 4.69) is 18.7 Å². The number of carbonyl (C=O) groups is 1. The minimum atomic E-state index is -0.799. The molecule has 1 saturated heterocycles. The highest BCUT2D eigenvalue weighted by Crippen LogP contribution is 2.40. The number of aliphatic hydroxyl groups excluding tert-OH is 1. The highest BCUT2D eigenvalue weighted by atomic mass is 35.5. The van der Waals surface area contributed by atoms with Gasteiger partial charge in [-0.25, -0.2) is 0 Å². The smallest absolute Gasteiger partial charge is 0.303 e. The molecule has 1 aliphatic heterocycles. The minimum Gasteiger partial charge on any atom is -0.490 e. The largest absolute Gasteiger partial charge is 0.490 e. The van der Waals surface area contributed by atoms with E-state index in [1.807, 2.05) is 36.4 Å². The van der Waals surface area contributed by atoms with Gasteiger partial charge in [0.15, 0.2) is 5.75 Å². The average molecular weight is 589 g/mol. The van der Waals surface area contributed by atoms with E-state index >= 15 is 0 Å². The van der Waals surface area contributed by atoms with Crippen molar-refractivity contribution >= 4 is 40.8 Å². The third-order valence-electron chi connectivity index (χ3n) is 6.63. The third-order valence-corrected chi connectivity index (χ3v) is 7.55. The molecule has 0 amide bonds. The van der Waals surface area contributed by atoms with Gasteiger partial charge in [-0.2, -0.15) is 0 Å². The molecule has 0 spiro atoms. The van der Waals surface area contributed by atoms with Crippen LogP contribution in [-0.4, -0.2) is 80.1 Å². The van der Waals surface area contributed by atoms with Crippen LogP contribution in [0.4, 0.5) is 0 Å². The zero-order valence-electron chi connectivity index (χ0n) is 22.0. The predicted octanol–water partition coefficient (Wildman–Crippen LogP) is 5.52. The summed E-state index contributed by atoms with van der Waals surface area (Å²) in [5.41, 5.74) is 2.11. The lowest BCUT2D eigenvalue weighted by atomic mass is 9.84. The molecule has 10 heteroatoms. The number of halogens is 3. The number of benzene rings is 2. The van der Waals surface area contributed by atoms with Crippen molar-refractivity contribution in [2.75, 3.05) is 51.9 Å². The lowest BCUT2D eigenvalue weighted by Crippen LogP contribution is -2.43. The standard InChI is InChI=1S/C28H36Cl3NO6/c1-18(19(2)22-12-26(30)28(27(31)13-22)37-16-23(34)14-29)21-4-6-24(7-5-21)36-17-25(38-20(3)33)15-32-8-10-35-11-9-32/h4-7,12-13,18-19,23,25,34H,8-11,14-17H2,1-3H3/t18?,19-,23-,25+/m1/s1. The summed E-state index contributed by atoms with van der Waals surface area (Å²) in [6.45, 7) is 9.55. The van der Waals surface area contributed by atoms with Gasteiger partial charge in [0.05, 0.1) is 29.1 Å². The van der Waals surface area contributed by atoms with Gasteiger partial charge in [-0.1, -0.05) is 49.2 Å². The van der Waals surface area contributed by atoms with E-state index in [1.165, 1.54) is 6.92 Å². The van der Waals surface area contributed by atoms with Crippen LogP contribution >= 0.6 is 34.8 Å². The van der Waals surface area contributed by atoms with E-state index in [9.17, 15) is 9.90 Å². The second-order valence-corrected chi connectivity index (χ2v) is 10.7. The number of rotatable bonds is 13. The van der Waals surface area contributed by atoms with Gasteiger partial charge in [0.25, 0.3) is 0 Å². The number of morpholine rings is 1. The van der Waals surface area contributed by atoms with Crippen molar-refractivity contribution in [3.8, 4) is 11.5 Å². The molecule has 210 valence electrons. The Morgan fingerprint density at radius 1 is 1.00 bits per heavy atom. The van der Waals surface area contributed by atoms with Crippen LogP contribution in [0.2, 0.25) is 10.0 Å². The van der Waals surface area contributed by atoms with Crippen LogP contribution in [0.5, 0.6) is 11.5 Å². The highest BCUT2D eigenvalue weighted by Gasteiger charge is 2.22. The van der Waals surface area contributed by atoms with E-state index in [0.717, 1.165) is 24.2 Å². The maximum atomic E-state index is 11.6. The maximum absolute atomic E-state index is 11.6. The van der Waals surface area contributed by atoms with Crippen LogP contribution in [0.25, 0.3) is 0 Å². The molecule has 4 atom stereocenters. The van der Waals surface area contributed by atoms with Gasteiger partial charge in [-0.15, -0.1) is 11.6 Å². The molecule has 38 heavy (non-hydrogen) atoms. The Balaban J connectivity index is 1.60. The molecular formula is C28H36Cl3NO6. The number of ether oxygens (including phenoxy) is 4. The average Bonchev–Trinajstić information content (AvgIpc) is 2.90. The Labute approximate surface area is 239 Å². The number of alkyl halides is 1. The topological polar surface area (TPSA) is 77.5 Å². The second kappa shape index (κ2) is 15.2. The van der Waals surface area contributed by atoms with Crippen LogP contribution in [0.1, 0.15) is 43.7 Å². The summed E-state index contributed by atoms with van der Waals surface area (Å²) >= 11 is 18.5. The Morgan fingerprint density at radius 3 is 2.18 bits per heavy atom. The first-order valence-electron chi connectivity index (χ1n) is 12.7. The van der Waals surface area contributed by atoms with Gasteiger partial charge < -0.3 is 24.1 Å². The van der Waals surface area contributed by atoms with Gasteiger partial charge in [0.2, 0.25) is 0 Å². The van der Waals surface area contributed by atoms with E-state index in [0.29, 0.717) is 41.3 Å². The Hall–Kier alpha value is -1.74. The monoisotopic (exact) mass is 587 g/mol. The van der Waals surface area contributed by atoms with Gasteiger partial charge in [-0.3, -0.25) is 9.69 Å². The molecule has 2 aromatic rings. The third kappa shape index (κ3) is 9.18. The SMILES string of the molecule is CC(=O)O[C@H](COc1ccc(C(C)[C@@H](C)c2cc(Cl)c(OC[C@H](O)CCl)c(Cl)c2)cc1)CN1CCOCC1. The molecule has 2 aromatic carbocycles. The molecular weight excluding hydrogens is 553 g/mol. The summed E-state index contributed by atoms with van der Waals surface area (Å²) in [4.78, 5) is 13.8. The first-order chi connectivity index (χ1) is 18.2. The van der Waals surface area contributed by atoms with Crippen LogP contribution in [-0.2, 0) is 14.3 Å². The highest BCUT2D eigenvalue weighted by molar-refractivity contribution is 6.37. The Kier molecular flexibility index (Phi) is 12.3. The fourth-order valence-electron chi connectivity index (χ4n) is 4.27. The lowest BCUT2D eigenvalue weighted by Gasteiger charge is -2.30. The van der Waals surface area contributed by atoms with E-state index in [1.54, 1.807) is 0 Å². The molecule has 7 nitrogen and oxygen atoms in total. The molecule has 0 saturated carbocycles. The normalized spacial score (nSPS) is 17.3. The lowest BCUT2D eigenvalue weighted by molar-refractivity contribution is -0.149. The summed E-state index contributed by atoms with van der Waals surface area (Å²) in [6, 6.07) is 11.6. The molecule has 0 radical (unpaired) electrons. The zero-order chi connectivity index (χ0) is 27.7. The summed E-state index contributed by atoms with van der Waals surface area (Å²) < 4.78 is 22.4. The van der Waals surface area contributed by atoms with Crippen molar-refractivity contribution in [3.63, 3.8) is 0 Å². The molecule has 1 heterocycles. The fourth-order valence-corrected chi connectivity index (χ4v) is 4.97. The quantitative estimate of drug-likeness (QED) is 0.244. The van der Waals surface area contributed by atoms with Crippen molar-refractivity contribution in [1.29, 1.82) is 0 Å². The molecule has 1 unspecified atom stereocenters. The summed E-state index contributed by atoms with van der Waals surface area (Å²) in [6.07, 6.45) is -1.16. The second-order valence-electron chi connectivity index (χ2n) is 9.53. The Bertz CT molecular complexity index is 1010. The summed E-state index contributed by atoms with van der Waals surface area (Å²) in [5.74, 6) is 1.06. The fraction of sp³-hybridized carbons (Fsp3) is 0.536. The minimum absolute atomic E-state index is 0.0114. The van der Waals surface area contributed by atoms with Gasteiger partial charge in [0, 0.05) is 26.6 Å². The van der Waals surface area contributed by atoms with Gasteiger partial charge >= 0.3 is 5.97 Å². The number of aliphatic hydroxyl groups is 1. The van der Waals surface area contributed by atoms with Crippen LogP contribution in [0.15, 0.2) is 36.4 Å². The zero-order valence-corrected chi connectivity index (χ0v) is 24.3. The molecule has 1 N–H and O–H groups in total. The number of carbonyl (C=O) groups excluding carboxylic acids is 1. The Morgan fingerprint density at radius 2 is 1.61 bits per heavy atom. The van der Waals surface area contributed by atoms with Crippen molar-refractivity contribution in [1.82, 2.24) is 4.90 Å². The molecule has 1 aliphatic rings. The van der Waals surface area contributed by atoms with Crippen molar-refractivity contribution < 1.29 is 28.8 Å². The number of hydrogen-bond donors (Lipinski definition) is 1. The van der Waals surface area contributed by atoms with Crippen LogP contribution in [0, 0.1) is 0 Å². The van der Waals surface area contributed by atoms with Crippen molar-refractivity contribution in [2.45, 2.75) is 44.8 Å². The number of hydrogen-bond acceptors (Lipinski definition) is 7. The van der Waals surface area contributed by atoms with Crippen LogP contribution in [0.3, 0.4) is 0 Å². The molecule has 0 aliphatic carbocycles. The molecule has 0 bridgehead atoms. The van der Waals surface area contributed by atoms with E-state index < -0.39 is 6.10 Å². The van der Waals surface area contributed by atoms with E-state index in [-0.39, 0.29) is 43.0 Å². The predicted molar refractivity (Wildman–Crippen MR) is 150 cm³/mol. The first kappa shape index (κ1) is 30.8. The maximum Gasteiger partial charge on any atom is 0.303 e. The van der Waals surface area contributed by atoms with Gasteiger partial charge in [-0.05, 0) is 47.2 Å². The summed E-state index contributed by atoms with van der Waals surface area (Å²) in [7, 11) is 0. The van der Waals surface area contributed by atoms with Crippen molar-refractivity contribution in [3.05, 3.63) is 57.6 Å².